The van der Waals surface area contributed by atoms with Gasteiger partial charge in [-0.25, -0.2) is 4.39 Å². The summed E-state index contributed by atoms with van der Waals surface area (Å²) in [4.78, 5) is 2.35. The summed E-state index contributed by atoms with van der Waals surface area (Å²) in [5, 5.41) is 0. The molecule has 1 aromatic carbocycles. The first-order valence-electron chi connectivity index (χ1n) is 6.94. The molecule has 1 aliphatic carbocycles. The van der Waals surface area contributed by atoms with Crippen molar-refractivity contribution in [2.24, 2.45) is 5.73 Å². The molecule has 0 atom stereocenters. The highest BCUT2D eigenvalue weighted by Crippen LogP contribution is 2.28. The second-order valence-electron chi connectivity index (χ2n) is 5.05. The van der Waals surface area contributed by atoms with Crippen LogP contribution in [0.3, 0.4) is 0 Å². The molecule has 0 amide bonds. The number of ether oxygens (including phenoxy) is 1. The highest BCUT2D eigenvalue weighted by molar-refractivity contribution is 5.38. The molecule has 1 fully saturated rings. The van der Waals surface area contributed by atoms with Gasteiger partial charge in [-0.2, -0.15) is 0 Å². The fourth-order valence-corrected chi connectivity index (χ4v) is 2.24. The molecule has 0 saturated heterocycles. The molecule has 0 unspecified atom stereocenters. The average molecular weight is 276 g/mol. The van der Waals surface area contributed by atoms with Gasteiger partial charge in [0, 0.05) is 31.8 Å². The van der Waals surface area contributed by atoms with E-state index in [9.17, 15) is 4.39 Å². The molecule has 3 nitrogen and oxygen atoms in total. The van der Waals surface area contributed by atoms with E-state index >= 15 is 0 Å². The number of hydrogen-bond donors (Lipinski definition) is 1. The first-order valence-corrected chi connectivity index (χ1v) is 6.94. The molecule has 0 heterocycles. The number of methoxy groups -OCH3 is 1. The number of benzene rings is 1. The van der Waals surface area contributed by atoms with Crippen molar-refractivity contribution < 1.29 is 9.13 Å². The largest absolute Gasteiger partial charge is 0.383 e. The summed E-state index contributed by atoms with van der Waals surface area (Å²) in [6.07, 6.45) is 2.44. The molecule has 4 heteroatoms. The second kappa shape index (κ2) is 7.39. The van der Waals surface area contributed by atoms with E-state index in [0.717, 1.165) is 18.7 Å². The highest BCUT2D eigenvalue weighted by atomic mass is 19.1. The van der Waals surface area contributed by atoms with E-state index in [4.69, 9.17) is 10.5 Å². The van der Waals surface area contributed by atoms with Crippen LogP contribution in [0.4, 0.5) is 4.39 Å². The van der Waals surface area contributed by atoms with E-state index in [1.54, 1.807) is 13.2 Å². The van der Waals surface area contributed by atoms with Crippen molar-refractivity contribution in [1.29, 1.82) is 0 Å². The monoisotopic (exact) mass is 276 g/mol. The van der Waals surface area contributed by atoms with Crippen LogP contribution < -0.4 is 5.73 Å². The third-order valence-corrected chi connectivity index (χ3v) is 3.32. The van der Waals surface area contributed by atoms with E-state index in [1.165, 1.54) is 18.9 Å². The van der Waals surface area contributed by atoms with Gasteiger partial charge in [-0.15, -0.1) is 0 Å². The Morgan fingerprint density at radius 3 is 2.85 bits per heavy atom. The Bertz CT molecular complexity index is 503. The molecule has 2 rings (SSSR count). The van der Waals surface area contributed by atoms with Crippen LogP contribution in [0, 0.1) is 17.7 Å². The van der Waals surface area contributed by atoms with Crippen molar-refractivity contribution in [3.05, 3.63) is 35.1 Å². The molecule has 0 aliphatic heterocycles. The maximum Gasteiger partial charge on any atom is 0.124 e. The van der Waals surface area contributed by atoms with Crippen LogP contribution >= 0.6 is 0 Å². The summed E-state index contributed by atoms with van der Waals surface area (Å²) < 4.78 is 18.8. The highest BCUT2D eigenvalue weighted by Gasteiger charge is 2.28. The zero-order chi connectivity index (χ0) is 14.4. The minimum atomic E-state index is -0.244. The summed E-state index contributed by atoms with van der Waals surface area (Å²) >= 11 is 0. The predicted octanol–water partition coefficient (Wildman–Crippen LogP) is 1.75. The van der Waals surface area contributed by atoms with Gasteiger partial charge in [0.2, 0.25) is 0 Å². The van der Waals surface area contributed by atoms with Crippen LogP contribution in [-0.4, -0.2) is 37.7 Å². The van der Waals surface area contributed by atoms with Crippen molar-refractivity contribution >= 4 is 0 Å². The summed E-state index contributed by atoms with van der Waals surface area (Å²) in [5.74, 6) is 5.40. The molecule has 108 valence electrons. The Morgan fingerprint density at radius 1 is 1.40 bits per heavy atom. The van der Waals surface area contributed by atoms with Gasteiger partial charge in [0.25, 0.3) is 0 Å². The number of rotatable bonds is 6. The van der Waals surface area contributed by atoms with Crippen LogP contribution in [-0.2, 0) is 11.3 Å². The molecular weight excluding hydrogens is 255 g/mol. The second-order valence-corrected chi connectivity index (χ2v) is 5.05. The van der Waals surface area contributed by atoms with Crippen molar-refractivity contribution in [1.82, 2.24) is 4.90 Å². The fourth-order valence-electron chi connectivity index (χ4n) is 2.24. The summed E-state index contributed by atoms with van der Waals surface area (Å²) in [6, 6.07) is 5.58. The van der Waals surface area contributed by atoms with E-state index in [-0.39, 0.29) is 12.4 Å². The summed E-state index contributed by atoms with van der Waals surface area (Å²) in [7, 11) is 1.70. The van der Waals surface area contributed by atoms with E-state index in [0.29, 0.717) is 18.2 Å². The van der Waals surface area contributed by atoms with Gasteiger partial charge in [0.15, 0.2) is 0 Å². The lowest BCUT2D eigenvalue weighted by Crippen LogP contribution is -2.29. The molecule has 1 saturated carbocycles. The van der Waals surface area contributed by atoms with Gasteiger partial charge in [-0.05, 0) is 36.6 Å². The maximum atomic E-state index is 13.6. The molecule has 1 aromatic rings. The maximum absolute atomic E-state index is 13.6. The molecule has 2 N–H and O–H groups in total. The third-order valence-electron chi connectivity index (χ3n) is 3.32. The lowest BCUT2D eigenvalue weighted by molar-refractivity contribution is 0.139. The molecule has 1 aliphatic rings. The van der Waals surface area contributed by atoms with Gasteiger partial charge in [-0.3, -0.25) is 4.90 Å². The van der Waals surface area contributed by atoms with Gasteiger partial charge in [0.1, 0.15) is 5.82 Å². The first kappa shape index (κ1) is 15.0. The molecule has 0 radical (unpaired) electrons. The van der Waals surface area contributed by atoms with Crippen molar-refractivity contribution in [3.8, 4) is 11.8 Å². The molecule has 0 aromatic heterocycles. The summed E-state index contributed by atoms with van der Waals surface area (Å²) in [6.45, 7) is 2.60. The predicted molar refractivity (Wildman–Crippen MR) is 77.6 cm³/mol. The standard InChI is InChI=1S/C16H21FN2O/c1-20-8-7-19(16-4-5-16)12-14-9-13(3-2-6-18)10-15(17)11-14/h9-11,16H,4-8,12,18H2,1H3. The van der Waals surface area contributed by atoms with E-state index < -0.39 is 0 Å². The smallest absolute Gasteiger partial charge is 0.124 e. The Hall–Kier alpha value is -1.41. The van der Waals surface area contributed by atoms with Crippen molar-refractivity contribution in [2.45, 2.75) is 25.4 Å². The first-order chi connectivity index (χ1) is 9.72. The minimum Gasteiger partial charge on any atom is -0.383 e. The molecule has 20 heavy (non-hydrogen) atoms. The van der Waals surface area contributed by atoms with Crippen LogP contribution in [0.2, 0.25) is 0 Å². The normalized spacial score (nSPS) is 14.2. The van der Waals surface area contributed by atoms with Crippen molar-refractivity contribution in [2.75, 3.05) is 26.8 Å². The Balaban J connectivity index is 2.08. The number of nitrogens with two attached hydrogens (primary N) is 1. The average Bonchev–Trinajstić information content (AvgIpc) is 3.25. The SMILES string of the molecule is COCCN(Cc1cc(F)cc(C#CCN)c1)C1CC1. The lowest BCUT2D eigenvalue weighted by Gasteiger charge is -2.21. The van der Waals surface area contributed by atoms with Crippen LogP contribution in [0.15, 0.2) is 18.2 Å². The number of halogens is 1. The van der Waals surface area contributed by atoms with E-state index in [1.807, 2.05) is 6.07 Å². The Kier molecular flexibility index (Phi) is 5.54. The van der Waals surface area contributed by atoms with Gasteiger partial charge >= 0.3 is 0 Å². The zero-order valence-electron chi connectivity index (χ0n) is 11.9. The lowest BCUT2D eigenvalue weighted by atomic mass is 10.1. The minimum absolute atomic E-state index is 0.244. The number of hydrogen-bond acceptors (Lipinski definition) is 3. The third kappa shape index (κ3) is 4.61. The Labute approximate surface area is 119 Å². The van der Waals surface area contributed by atoms with Gasteiger partial charge in [-0.1, -0.05) is 11.8 Å². The van der Waals surface area contributed by atoms with Crippen LogP contribution in [0.25, 0.3) is 0 Å². The zero-order valence-corrected chi connectivity index (χ0v) is 11.9. The summed E-state index contributed by atoms with van der Waals surface area (Å²) in [5.41, 5.74) is 6.99. The number of nitrogens with zero attached hydrogens (tertiary/aromatic N) is 1. The Morgan fingerprint density at radius 2 is 2.20 bits per heavy atom. The van der Waals surface area contributed by atoms with Crippen LogP contribution in [0.5, 0.6) is 0 Å². The quantitative estimate of drug-likeness (QED) is 0.804. The molecule has 0 spiro atoms. The van der Waals surface area contributed by atoms with Gasteiger partial charge in [0.05, 0.1) is 13.2 Å². The van der Waals surface area contributed by atoms with Crippen LogP contribution in [0.1, 0.15) is 24.0 Å². The van der Waals surface area contributed by atoms with Crippen molar-refractivity contribution in [3.63, 3.8) is 0 Å². The van der Waals surface area contributed by atoms with E-state index in [2.05, 4.69) is 16.7 Å². The topological polar surface area (TPSA) is 38.5 Å². The molecular formula is C16H21FN2O. The molecule has 0 bridgehead atoms. The fraction of sp³-hybridized carbons (Fsp3) is 0.500. The van der Waals surface area contributed by atoms with Gasteiger partial charge < -0.3 is 10.5 Å².